The standard InChI is InChI=1S/C11H11N/c1-9-4-3-5-11(8-9)10(2)6-7-12/h3-6,8H,1-2H3/b10-6-. The van der Waals surface area contributed by atoms with E-state index >= 15 is 0 Å². The number of hydrogen-bond acceptors (Lipinski definition) is 1. The first-order valence-electron chi connectivity index (χ1n) is 3.87. The zero-order chi connectivity index (χ0) is 8.97. The van der Waals surface area contributed by atoms with Gasteiger partial charge in [-0.2, -0.15) is 5.26 Å². The second-order valence-electron chi connectivity index (χ2n) is 2.83. The number of nitriles is 1. The van der Waals surface area contributed by atoms with Gasteiger partial charge < -0.3 is 0 Å². The normalized spacial score (nSPS) is 10.9. The molecule has 12 heavy (non-hydrogen) atoms. The largest absolute Gasteiger partial charge is 0.193 e. The van der Waals surface area contributed by atoms with E-state index in [1.807, 2.05) is 38.1 Å². The van der Waals surface area contributed by atoms with Gasteiger partial charge in [0.15, 0.2) is 0 Å². The number of nitrogens with zero attached hydrogens (tertiary/aromatic N) is 1. The van der Waals surface area contributed by atoms with Crippen molar-refractivity contribution in [3.63, 3.8) is 0 Å². The van der Waals surface area contributed by atoms with Gasteiger partial charge >= 0.3 is 0 Å². The molecule has 0 amide bonds. The monoisotopic (exact) mass is 157 g/mol. The van der Waals surface area contributed by atoms with E-state index in [1.165, 1.54) is 5.56 Å². The second-order valence-corrected chi connectivity index (χ2v) is 2.83. The lowest BCUT2D eigenvalue weighted by atomic mass is 10.1. The molecule has 1 rings (SSSR count). The first-order valence-corrected chi connectivity index (χ1v) is 3.87. The third-order valence-electron chi connectivity index (χ3n) is 1.75. The van der Waals surface area contributed by atoms with Crippen LogP contribution in [0, 0.1) is 18.3 Å². The summed E-state index contributed by atoms with van der Waals surface area (Å²) in [5.41, 5.74) is 3.36. The van der Waals surface area contributed by atoms with E-state index < -0.39 is 0 Å². The van der Waals surface area contributed by atoms with Crippen LogP contribution in [0.25, 0.3) is 5.57 Å². The smallest absolute Gasteiger partial charge is 0.0915 e. The van der Waals surface area contributed by atoms with Gasteiger partial charge in [0, 0.05) is 6.08 Å². The fourth-order valence-corrected chi connectivity index (χ4v) is 1.07. The summed E-state index contributed by atoms with van der Waals surface area (Å²) in [6.45, 7) is 3.99. The van der Waals surface area contributed by atoms with Crippen molar-refractivity contribution >= 4 is 5.57 Å². The molecule has 0 aliphatic rings. The maximum atomic E-state index is 8.44. The number of aryl methyl sites for hydroxylation is 1. The first kappa shape index (κ1) is 8.55. The Bertz CT molecular complexity index is 342. The van der Waals surface area contributed by atoms with Gasteiger partial charge in [-0.05, 0) is 25.0 Å². The van der Waals surface area contributed by atoms with E-state index in [2.05, 4.69) is 6.07 Å². The average molecular weight is 157 g/mol. The van der Waals surface area contributed by atoms with E-state index in [-0.39, 0.29) is 0 Å². The molecule has 0 unspecified atom stereocenters. The minimum absolute atomic E-state index is 1.02. The Balaban J connectivity index is 3.05. The van der Waals surface area contributed by atoms with Crippen LogP contribution in [-0.2, 0) is 0 Å². The van der Waals surface area contributed by atoms with E-state index in [4.69, 9.17) is 5.26 Å². The molecule has 0 bridgehead atoms. The maximum Gasteiger partial charge on any atom is 0.0915 e. The quantitative estimate of drug-likeness (QED) is 0.575. The third-order valence-corrected chi connectivity index (χ3v) is 1.75. The summed E-state index contributed by atoms with van der Waals surface area (Å²) in [5.74, 6) is 0. The number of benzene rings is 1. The summed E-state index contributed by atoms with van der Waals surface area (Å²) < 4.78 is 0. The van der Waals surface area contributed by atoms with E-state index in [9.17, 15) is 0 Å². The minimum Gasteiger partial charge on any atom is -0.193 e. The SMILES string of the molecule is C/C(=C/C#N)c1cccc(C)c1. The molecular weight excluding hydrogens is 146 g/mol. The molecule has 0 heterocycles. The Morgan fingerprint density at radius 1 is 1.50 bits per heavy atom. The fourth-order valence-electron chi connectivity index (χ4n) is 1.07. The van der Waals surface area contributed by atoms with Crippen molar-refractivity contribution in [2.45, 2.75) is 13.8 Å². The zero-order valence-corrected chi connectivity index (χ0v) is 7.33. The molecule has 1 aromatic carbocycles. The van der Waals surface area contributed by atoms with Gasteiger partial charge in [-0.3, -0.25) is 0 Å². The Morgan fingerprint density at radius 2 is 2.25 bits per heavy atom. The molecule has 0 saturated carbocycles. The van der Waals surface area contributed by atoms with Crippen molar-refractivity contribution in [2.24, 2.45) is 0 Å². The number of rotatable bonds is 1. The molecule has 0 fully saturated rings. The van der Waals surface area contributed by atoms with Gasteiger partial charge in [0.25, 0.3) is 0 Å². The van der Waals surface area contributed by atoms with Gasteiger partial charge in [0.05, 0.1) is 6.07 Å². The molecule has 0 aliphatic heterocycles. The molecule has 60 valence electrons. The number of allylic oxidation sites excluding steroid dienone is 2. The summed E-state index contributed by atoms with van der Waals surface area (Å²) >= 11 is 0. The van der Waals surface area contributed by atoms with Crippen LogP contribution in [0.5, 0.6) is 0 Å². The van der Waals surface area contributed by atoms with Gasteiger partial charge in [0.1, 0.15) is 0 Å². The molecule has 0 aliphatic carbocycles. The topological polar surface area (TPSA) is 23.8 Å². The van der Waals surface area contributed by atoms with Gasteiger partial charge in [-0.15, -0.1) is 0 Å². The Hall–Kier alpha value is -1.55. The number of hydrogen-bond donors (Lipinski definition) is 0. The van der Waals surface area contributed by atoms with Crippen LogP contribution in [0.4, 0.5) is 0 Å². The van der Waals surface area contributed by atoms with Crippen LogP contribution in [0.15, 0.2) is 30.3 Å². The van der Waals surface area contributed by atoms with Crippen molar-refractivity contribution in [3.8, 4) is 6.07 Å². The van der Waals surface area contributed by atoms with Crippen LogP contribution in [0.2, 0.25) is 0 Å². The van der Waals surface area contributed by atoms with Crippen molar-refractivity contribution in [2.75, 3.05) is 0 Å². The lowest BCUT2D eigenvalue weighted by Gasteiger charge is -1.99. The molecule has 1 nitrogen and oxygen atoms in total. The second kappa shape index (κ2) is 3.73. The van der Waals surface area contributed by atoms with Crippen molar-refractivity contribution in [3.05, 3.63) is 41.5 Å². The molecule has 0 N–H and O–H groups in total. The first-order chi connectivity index (χ1) is 5.74. The summed E-state index contributed by atoms with van der Waals surface area (Å²) in [6.07, 6.45) is 1.56. The highest BCUT2D eigenvalue weighted by atomic mass is 14.2. The Labute approximate surface area is 73.0 Å². The van der Waals surface area contributed by atoms with Gasteiger partial charge in [0.2, 0.25) is 0 Å². The lowest BCUT2D eigenvalue weighted by molar-refractivity contribution is 1.43. The summed E-state index contributed by atoms with van der Waals surface area (Å²) in [6, 6.07) is 10.2. The summed E-state index contributed by atoms with van der Waals surface area (Å²) in [4.78, 5) is 0. The van der Waals surface area contributed by atoms with Crippen molar-refractivity contribution < 1.29 is 0 Å². The highest BCUT2D eigenvalue weighted by molar-refractivity contribution is 5.66. The van der Waals surface area contributed by atoms with Crippen molar-refractivity contribution in [1.29, 1.82) is 5.26 Å². The van der Waals surface area contributed by atoms with E-state index in [1.54, 1.807) is 6.08 Å². The predicted octanol–water partition coefficient (Wildman–Crippen LogP) is 2.92. The molecule has 1 aromatic rings. The Morgan fingerprint density at radius 3 is 2.83 bits per heavy atom. The molecule has 0 aromatic heterocycles. The Kier molecular flexibility index (Phi) is 2.66. The van der Waals surface area contributed by atoms with Crippen molar-refractivity contribution in [1.82, 2.24) is 0 Å². The summed E-state index contributed by atoms with van der Waals surface area (Å²) in [7, 11) is 0. The lowest BCUT2D eigenvalue weighted by Crippen LogP contribution is -1.79. The molecule has 1 heteroatoms. The molecule has 0 spiro atoms. The fraction of sp³-hybridized carbons (Fsp3) is 0.182. The predicted molar refractivity (Wildman–Crippen MR) is 50.4 cm³/mol. The van der Waals surface area contributed by atoms with Crippen LogP contribution < -0.4 is 0 Å². The molecular formula is C11H11N. The van der Waals surface area contributed by atoms with Gasteiger partial charge in [-0.25, -0.2) is 0 Å². The van der Waals surface area contributed by atoms with Crippen LogP contribution in [-0.4, -0.2) is 0 Å². The van der Waals surface area contributed by atoms with E-state index in [0.29, 0.717) is 0 Å². The molecule has 0 atom stereocenters. The van der Waals surface area contributed by atoms with Gasteiger partial charge in [-0.1, -0.05) is 29.8 Å². The van der Waals surface area contributed by atoms with Crippen LogP contribution in [0.3, 0.4) is 0 Å². The third kappa shape index (κ3) is 1.96. The highest BCUT2D eigenvalue weighted by Gasteiger charge is 1.93. The summed E-state index contributed by atoms with van der Waals surface area (Å²) in [5, 5.41) is 8.44. The molecule has 0 radical (unpaired) electrons. The molecule has 0 saturated heterocycles. The van der Waals surface area contributed by atoms with Crippen LogP contribution >= 0.6 is 0 Å². The van der Waals surface area contributed by atoms with E-state index in [0.717, 1.165) is 11.1 Å². The zero-order valence-electron chi connectivity index (χ0n) is 7.33. The van der Waals surface area contributed by atoms with Crippen LogP contribution in [0.1, 0.15) is 18.1 Å². The highest BCUT2D eigenvalue weighted by Crippen LogP contribution is 2.13. The average Bonchev–Trinajstić information content (AvgIpc) is 2.05. The maximum absolute atomic E-state index is 8.44. The minimum atomic E-state index is 1.02.